The van der Waals surface area contributed by atoms with Crippen molar-refractivity contribution in [1.82, 2.24) is 25.1 Å². The molecule has 1 fully saturated rings. The molecule has 0 bridgehead atoms. The average Bonchev–Trinajstić information content (AvgIpc) is 2.89. The lowest BCUT2D eigenvalue weighted by atomic mass is 10.3. The van der Waals surface area contributed by atoms with Crippen molar-refractivity contribution >= 4 is 11.8 Å². The van der Waals surface area contributed by atoms with E-state index < -0.39 is 0 Å². The number of nitrogen functional groups attached to an aromatic ring is 1. The summed E-state index contributed by atoms with van der Waals surface area (Å²) in [4.78, 5) is 10.3. The maximum atomic E-state index is 5.56. The highest BCUT2D eigenvalue weighted by Crippen LogP contribution is 2.13. The summed E-state index contributed by atoms with van der Waals surface area (Å²) in [6.07, 6.45) is 3.52. The van der Waals surface area contributed by atoms with Crippen LogP contribution in [0.15, 0.2) is 24.5 Å². The van der Waals surface area contributed by atoms with Gasteiger partial charge in [0, 0.05) is 50.7 Å². The van der Waals surface area contributed by atoms with Crippen LogP contribution in [-0.2, 0) is 0 Å². The van der Waals surface area contributed by atoms with Gasteiger partial charge in [0.1, 0.15) is 0 Å². The molecule has 0 aliphatic carbocycles. The molecular weight excluding hydrogens is 230 g/mol. The van der Waals surface area contributed by atoms with Gasteiger partial charge in [-0.1, -0.05) is 0 Å². The van der Waals surface area contributed by atoms with Gasteiger partial charge >= 0.3 is 0 Å². The average molecular weight is 245 g/mol. The summed E-state index contributed by atoms with van der Waals surface area (Å²) in [6.45, 7) is 3.94. The molecule has 18 heavy (non-hydrogen) atoms. The number of piperazine rings is 1. The van der Waals surface area contributed by atoms with Gasteiger partial charge in [0.05, 0.1) is 0 Å². The number of anilines is 2. The number of nitrogens with one attached hydrogen (secondary N) is 1. The number of aromatic nitrogens is 4. The van der Waals surface area contributed by atoms with Gasteiger partial charge in [0.15, 0.2) is 11.6 Å². The lowest BCUT2D eigenvalue weighted by molar-refractivity contribution is 0.583. The quantitative estimate of drug-likeness (QED) is 0.752. The second-order valence-corrected chi connectivity index (χ2v) is 4.13. The fourth-order valence-electron chi connectivity index (χ4n) is 2.00. The number of hydrogen-bond donors (Lipinski definition) is 2. The van der Waals surface area contributed by atoms with Crippen LogP contribution in [0.25, 0.3) is 5.82 Å². The first kappa shape index (κ1) is 11.0. The Balaban J connectivity index is 1.84. The molecule has 0 amide bonds. The molecule has 1 aliphatic rings. The fraction of sp³-hybridized carbons (Fsp3) is 0.364. The van der Waals surface area contributed by atoms with Crippen molar-refractivity contribution in [3.8, 4) is 5.82 Å². The highest BCUT2D eigenvalue weighted by Gasteiger charge is 2.13. The maximum absolute atomic E-state index is 5.56. The maximum Gasteiger partial charge on any atom is 0.221 e. The van der Waals surface area contributed by atoms with Gasteiger partial charge in [-0.25, -0.2) is 9.67 Å². The van der Waals surface area contributed by atoms with E-state index in [-0.39, 0.29) is 5.95 Å². The highest BCUT2D eigenvalue weighted by molar-refractivity contribution is 5.40. The van der Waals surface area contributed by atoms with E-state index in [4.69, 9.17) is 5.73 Å². The summed E-state index contributed by atoms with van der Waals surface area (Å²) >= 11 is 0. The zero-order chi connectivity index (χ0) is 12.4. The van der Waals surface area contributed by atoms with Gasteiger partial charge in [-0.3, -0.25) is 0 Å². The zero-order valence-electron chi connectivity index (χ0n) is 9.95. The Labute approximate surface area is 105 Å². The molecule has 3 rings (SSSR count). The van der Waals surface area contributed by atoms with Crippen molar-refractivity contribution in [1.29, 1.82) is 0 Å². The van der Waals surface area contributed by atoms with E-state index in [2.05, 4.69) is 25.3 Å². The summed E-state index contributed by atoms with van der Waals surface area (Å²) < 4.78 is 1.72. The smallest absolute Gasteiger partial charge is 0.221 e. The van der Waals surface area contributed by atoms with Gasteiger partial charge in [-0.05, 0) is 0 Å². The van der Waals surface area contributed by atoms with Gasteiger partial charge < -0.3 is 16.0 Å². The Bertz CT molecular complexity index is 530. The van der Waals surface area contributed by atoms with Gasteiger partial charge in [0.25, 0.3) is 0 Å². The number of nitrogens with zero attached hydrogens (tertiary/aromatic N) is 5. The van der Waals surface area contributed by atoms with Crippen LogP contribution in [0.3, 0.4) is 0 Å². The normalized spacial score (nSPS) is 15.9. The van der Waals surface area contributed by atoms with Gasteiger partial charge in [0.2, 0.25) is 5.95 Å². The molecular formula is C11H15N7. The minimum atomic E-state index is 0.256. The molecule has 3 heterocycles. The molecule has 1 saturated heterocycles. The standard InChI is InChI=1S/C11H15N7/c12-11-14-3-1-9(15-11)18-6-2-10(16-18)17-7-4-13-5-8-17/h1-3,6,13H,4-5,7-8H2,(H2,12,14,15). The minimum Gasteiger partial charge on any atom is -0.368 e. The Morgan fingerprint density at radius 2 is 2.00 bits per heavy atom. The zero-order valence-corrected chi connectivity index (χ0v) is 9.95. The predicted molar refractivity (Wildman–Crippen MR) is 68.6 cm³/mol. The second-order valence-electron chi connectivity index (χ2n) is 4.13. The summed E-state index contributed by atoms with van der Waals surface area (Å²) in [6, 6.07) is 3.77. The highest BCUT2D eigenvalue weighted by atomic mass is 15.4. The molecule has 3 N–H and O–H groups in total. The fourth-order valence-corrected chi connectivity index (χ4v) is 2.00. The van der Waals surface area contributed by atoms with E-state index in [0.717, 1.165) is 32.0 Å². The summed E-state index contributed by atoms with van der Waals surface area (Å²) in [5, 5.41) is 7.83. The lowest BCUT2D eigenvalue weighted by Crippen LogP contribution is -2.43. The number of hydrogen-bond acceptors (Lipinski definition) is 6. The topological polar surface area (TPSA) is 84.9 Å². The molecule has 7 heteroatoms. The number of nitrogens with two attached hydrogens (primary N) is 1. The Morgan fingerprint density at radius 1 is 1.17 bits per heavy atom. The summed E-state index contributed by atoms with van der Waals surface area (Å²) in [5.41, 5.74) is 5.56. The summed E-state index contributed by atoms with van der Waals surface area (Å²) in [7, 11) is 0. The second kappa shape index (κ2) is 4.61. The van der Waals surface area contributed by atoms with E-state index in [1.807, 2.05) is 12.3 Å². The van der Waals surface area contributed by atoms with Gasteiger partial charge in [-0.15, -0.1) is 5.10 Å². The van der Waals surface area contributed by atoms with E-state index in [1.54, 1.807) is 16.9 Å². The summed E-state index contributed by atoms with van der Waals surface area (Å²) in [5.74, 6) is 1.91. The molecule has 0 saturated carbocycles. The van der Waals surface area contributed by atoms with Crippen molar-refractivity contribution in [2.24, 2.45) is 0 Å². The monoisotopic (exact) mass is 245 g/mol. The minimum absolute atomic E-state index is 0.256. The third-order valence-corrected chi connectivity index (χ3v) is 2.91. The third kappa shape index (κ3) is 2.12. The van der Waals surface area contributed by atoms with Crippen molar-refractivity contribution in [2.75, 3.05) is 36.8 Å². The van der Waals surface area contributed by atoms with E-state index in [1.165, 1.54) is 0 Å². The molecule has 0 unspecified atom stereocenters. The van der Waals surface area contributed by atoms with E-state index in [9.17, 15) is 0 Å². The SMILES string of the molecule is Nc1nccc(-n2ccc(N3CCNCC3)n2)n1. The van der Waals surface area contributed by atoms with Crippen molar-refractivity contribution < 1.29 is 0 Å². The Hall–Kier alpha value is -2.15. The Morgan fingerprint density at radius 3 is 2.78 bits per heavy atom. The third-order valence-electron chi connectivity index (χ3n) is 2.91. The first-order valence-corrected chi connectivity index (χ1v) is 5.93. The first-order valence-electron chi connectivity index (χ1n) is 5.93. The van der Waals surface area contributed by atoms with Crippen LogP contribution in [0.1, 0.15) is 0 Å². The number of rotatable bonds is 2. The van der Waals surface area contributed by atoms with Crippen LogP contribution >= 0.6 is 0 Å². The van der Waals surface area contributed by atoms with Crippen LogP contribution in [0.5, 0.6) is 0 Å². The molecule has 1 aliphatic heterocycles. The van der Waals surface area contributed by atoms with Crippen LogP contribution in [0.4, 0.5) is 11.8 Å². The molecule has 0 atom stereocenters. The lowest BCUT2D eigenvalue weighted by Gasteiger charge is -2.27. The Kier molecular flexibility index (Phi) is 2.81. The molecule has 2 aromatic heterocycles. The molecule has 2 aromatic rings. The molecule has 0 spiro atoms. The molecule has 0 radical (unpaired) electrons. The predicted octanol–water partition coefficient (Wildman–Crippen LogP) is -0.346. The van der Waals surface area contributed by atoms with E-state index in [0.29, 0.717) is 5.82 Å². The largest absolute Gasteiger partial charge is 0.368 e. The molecule has 94 valence electrons. The van der Waals surface area contributed by atoms with Crippen molar-refractivity contribution in [3.63, 3.8) is 0 Å². The molecule has 7 nitrogen and oxygen atoms in total. The van der Waals surface area contributed by atoms with Crippen LogP contribution < -0.4 is 16.0 Å². The molecule has 0 aromatic carbocycles. The van der Waals surface area contributed by atoms with Crippen molar-refractivity contribution in [3.05, 3.63) is 24.5 Å². The van der Waals surface area contributed by atoms with Crippen LogP contribution in [0.2, 0.25) is 0 Å². The van der Waals surface area contributed by atoms with Crippen molar-refractivity contribution in [2.45, 2.75) is 0 Å². The van der Waals surface area contributed by atoms with Crippen LogP contribution in [-0.4, -0.2) is 45.9 Å². The van der Waals surface area contributed by atoms with E-state index >= 15 is 0 Å². The van der Waals surface area contributed by atoms with Crippen LogP contribution in [0, 0.1) is 0 Å². The first-order chi connectivity index (χ1) is 8.83. The van der Waals surface area contributed by atoms with Gasteiger partial charge in [-0.2, -0.15) is 4.98 Å².